The fraction of sp³-hybridized carbons (Fsp3) is 0.235. The van der Waals surface area contributed by atoms with Crippen LogP contribution in [0.2, 0.25) is 0 Å². The summed E-state index contributed by atoms with van der Waals surface area (Å²) >= 11 is 0. The minimum atomic E-state index is -3.74. The zero-order valence-corrected chi connectivity index (χ0v) is 14.6. The van der Waals surface area contributed by atoms with E-state index in [-0.39, 0.29) is 10.8 Å². The van der Waals surface area contributed by atoms with Gasteiger partial charge in [0.25, 0.3) is 0 Å². The minimum Gasteiger partial charge on any atom is -0.374 e. The number of nitrogens with one attached hydrogen (secondary N) is 2. The van der Waals surface area contributed by atoms with Crippen LogP contribution < -0.4 is 15.8 Å². The van der Waals surface area contributed by atoms with E-state index in [0.717, 1.165) is 16.8 Å². The Kier molecular flexibility index (Phi) is 5.26. The predicted molar refractivity (Wildman–Crippen MR) is 95.4 cm³/mol. The van der Waals surface area contributed by atoms with Crippen LogP contribution in [-0.4, -0.2) is 20.4 Å². The maximum atomic E-state index is 12.3. The van der Waals surface area contributed by atoms with E-state index >= 15 is 0 Å². The molecule has 6 nitrogen and oxygen atoms in total. The topological polar surface area (TPSA) is 101 Å². The highest BCUT2D eigenvalue weighted by atomic mass is 32.2. The number of rotatable bonds is 5. The van der Waals surface area contributed by atoms with Crippen LogP contribution >= 0.6 is 0 Å². The molecule has 2 rings (SSSR count). The lowest BCUT2D eigenvalue weighted by Gasteiger charge is -2.16. The third kappa shape index (κ3) is 4.81. The Morgan fingerprint density at radius 2 is 1.54 bits per heavy atom. The van der Waals surface area contributed by atoms with E-state index in [2.05, 4.69) is 16.7 Å². The Morgan fingerprint density at radius 1 is 1.00 bits per heavy atom. The van der Waals surface area contributed by atoms with Crippen molar-refractivity contribution in [2.45, 2.75) is 31.7 Å². The molecule has 0 fully saturated rings. The number of carbonyl (C=O) groups excluding carboxylic acids is 1. The van der Waals surface area contributed by atoms with E-state index in [1.807, 2.05) is 26.0 Å². The first-order valence-corrected chi connectivity index (χ1v) is 8.98. The maximum absolute atomic E-state index is 12.3. The summed E-state index contributed by atoms with van der Waals surface area (Å²) in [4.78, 5) is 12.3. The summed E-state index contributed by atoms with van der Waals surface area (Å²) in [5.41, 5.74) is 3.61. The fourth-order valence-electron chi connectivity index (χ4n) is 2.35. The fourth-order valence-corrected chi connectivity index (χ4v) is 2.87. The molecule has 0 heterocycles. The molecule has 0 radical (unpaired) electrons. The first-order valence-electron chi connectivity index (χ1n) is 7.44. The van der Waals surface area contributed by atoms with Crippen molar-refractivity contribution in [3.63, 3.8) is 0 Å². The lowest BCUT2D eigenvalue weighted by atomic mass is 10.1. The van der Waals surface area contributed by atoms with E-state index in [9.17, 15) is 13.2 Å². The van der Waals surface area contributed by atoms with Crippen LogP contribution in [0.5, 0.6) is 0 Å². The highest BCUT2D eigenvalue weighted by molar-refractivity contribution is 7.89. The Balaban J connectivity index is 2.03. The van der Waals surface area contributed by atoms with Gasteiger partial charge in [-0.2, -0.15) is 0 Å². The molecule has 1 amide bonds. The number of primary sulfonamides is 1. The first kappa shape index (κ1) is 18.0. The first-order chi connectivity index (χ1) is 11.1. The van der Waals surface area contributed by atoms with Crippen molar-refractivity contribution >= 4 is 27.3 Å². The molecule has 0 aliphatic heterocycles. The molecule has 2 aromatic carbocycles. The van der Waals surface area contributed by atoms with E-state index in [4.69, 9.17) is 5.14 Å². The number of anilines is 2. The lowest BCUT2D eigenvalue weighted by molar-refractivity contribution is -0.116. The Morgan fingerprint density at radius 3 is 2.04 bits per heavy atom. The molecule has 128 valence electrons. The van der Waals surface area contributed by atoms with Crippen LogP contribution in [0.4, 0.5) is 11.4 Å². The Labute approximate surface area is 142 Å². The molecule has 2 aromatic rings. The van der Waals surface area contributed by atoms with Crippen molar-refractivity contribution in [2.24, 2.45) is 5.14 Å². The summed E-state index contributed by atoms with van der Waals surface area (Å²) in [6.07, 6.45) is 0. The monoisotopic (exact) mass is 347 g/mol. The van der Waals surface area contributed by atoms with Gasteiger partial charge < -0.3 is 10.6 Å². The van der Waals surface area contributed by atoms with Gasteiger partial charge in [-0.3, -0.25) is 4.79 Å². The van der Waals surface area contributed by atoms with Crippen molar-refractivity contribution in [1.29, 1.82) is 0 Å². The number of carbonyl (C=O) groups is 1. The number of hydrogen-bond acceptors (Lipinski definition) is 4. The average Bonchev–Trinajstić information content (AvgIpc) is 2.45. The van der Waals surface area contributed by atoms with Crippen LogP contribution in [-0.2, 0) is 14.8 Å². The Hall–Kier alpha value is -2.38. The third-order valence-corrected chi connectivity index (χ3v) is 4.38. The van der Waals surface area contributed by atoms with E-state index in [1.165, 1.54) is 24.3 Å². The zero-order chi connectivity index (χ0) is 17.9. The molecule has 0 aromatic heterocycles. The van der Waals surface area contributed by atoms with Gasteiger partial charge >= 0.3 is 0 Å². The number of sulfonamides is 1. The number of aryl methyl sites for hydroxylation is 2. The third-order valence-electron chi connectivity index (χ3n) is 3.45. The second-order valence-electron chi connectivity index (χ2n) is 5.80. The molecule has 0 aliphatic carbocycles. The van der Waals surface area contributed by atoms with Gasteiger partial charge in [-0.15, -0.1) is 0 Å². The number of amides is 1. The molecule has 0 spiro atoms. The number of benzene rings is 2. The highest BCUT2D eigenvalue weighted by Gasteiger charge is 2.14. The molecule has 1 atom stereocenters. The van der Waals surface area contributed by atoms with Crippen molar-refractivity contribution in [3.05, 3.63) is 53.6 Å². The van der Waals surface area contributed by atoms with Gasteiger partial charge in [-0.05, 0) is 68.3 Å². The van der Waals surface area contributed by atoms with Gasteiger partial charge in [-0.1, -0.05) is 6.07 Å². The largest absolute Gasteiger partial charge is 0.374 e. The van der Waals surface area contributed by atoms with Crippen molar-refractivity contribution < 1.29 is 13.2 Å². The van der Waals surface area contributed by atoms with Gasteiger partial charge in [0.2, 0.25) is 15.9 Å². The molecular weight excluding hydrogens is 326 g/mol. The molecule has 0 unspecified atom stereocenters. The summed E-state index contributed by atoms with van der Waals surface area (Å²) in [6, 6.07) is 11.3. The summed E-state index contributed by atoms with van der Waals surface area (Å²) in [5, 5.41) is 10.9. The van der Waals surface area contributed by atoms with Crippen molar-refractivity contribution in [3.8, 4) is 0 Å². The van der Waals surface area contributed by atoms with Crippen molar-refractivity contribution in [1.82, 2.24) is 0 Å². The van der Waals surface area contributed by atoms with Crippen LogP contribution in [0.1, 0.15) is 18.1 Å². The quantitative estimate of drug-likeness (QED) is 0.773. The minimum absolute atomic E-state index is 0.00177. The maximum Gasteiger partial charge on any atom is 0.246 e. The molecule has 7 heteroatoms. The molecule has 24 heavy (non-hydrogen) atoms. The van der Waals surface area contributed by atoms with Crippen LogP contribution in [0.3, 0.4) is 0 Å². The van der Waals surface area contributed by atoms with Crippen molar-refractivity contribution in [2.75, 3.05) is 10.6 Å². The predicted octanol–water partition coefficient (Wildman–Crippen LogP) is 2.39. The Bertz CT molecular complexity index is 826. The van der Waals surface area contributed by atoms with Gasteiger partial charge in [-0.25, -0.2) is 13.6 Å². The molecule has 0 bridgehead atoms. The molecule has 0 aliphatic rings. The summed E-state index contributed by atoms with van der Waals surface area (Å²) < 4.78 is 22.4. The summed E-state index contributed by atoms with van der Waals surface area (Å²) in [5.74, 6) is -0.225. The van der Waals surface area contributed by atoms with Gasteiger partial charge in [0, 0.05) is 11.4 Å². The van der Waals surface area contributed by atoms with Crippen LogP contribution in [0, 0.1) is 13.8 Å². The van der Waals surface area contributed by atoms with E-state index in [0.29, 0.717) is 5.69 Å². The van der Waals surface area contributed by atoms with Gasteiger partial charge in [0.05, 0.1) is 4.90 Å². The standard InChI is InChI=1S/C17H21N3O3S/c1-11-8-12(2)10-15(9-11)19-13(3)17(21)20-14-4-6-16(7-5-14)24(18,22)23/h4-10,13,19H,1-3H3,(H,20,21)(H2,18,22,23)/t13-/m1/s1. The van der Waals surface area contributed by atoms with Crippen LogP contribution in [0.25, 0.3) is 0 Å². The second-order valence-corrected chi connectivity index (χ2v) is 7.36. The smallest absolute Gasteiger partial charge is 0.246 e. The van der Waals surface area contributed by atoms with E-state index < -0.39 is 16.1 Å². The van der Waals surface area contributed by atoms with Gasteiger partial charge in [0.15, 0.2) is 0 Å². The highest BCUT2D eigenvalue weighted by Crippen LogP contribution is 2.16. The number of hydrogen-bond donors (Lipinski definition) is 3. The SMILES string of the molecule is Cc1cc(C)cc(N[C@H](C)C(=O)Nc2ccc(S(N)(=O)=O)cc2)c1. The zero-order valence-electron chi connectivity index (χ0n) is 13.8. The molecular formula is C17H21N3O3S. The summed E-state index contributed by atoms with van der Waals surface area (Å²) in [6.45, 7) is 5.75. The van der Waals surface area contributed by atoms with Crippen LogP contribution in [0.15, 0.2) is 47.4 Å². The normalized spacial score (nSPS) is 12.5. The molecule has 4 N–H and O–H groups in total. The van der Waals surface area contributed by atoms with E-state index in [1.54, 1.807) is 6.92 Å². The summed E-state index contributed by atoms with van der Waals surface area (Å²) in [7, 11) is -3.74. The van der Waals surface area contributed by atoms with Gasteiger partial charge in [0.1, 0.15) is 6.04 Å². The second kappa shape index (κ2) is 7.02. The lowest BCUT2D eigenvalue weighted by Crippen LogP contribution is -2.31. The molecule has 0 saturated heterocycles. The number of nitrogens with two attached hydrogens (primary N) is 1. The molecule has 0 saturated carbocycles. The average molecular weight is 347 g/mol.